The van der Waals surface area contributed by atoms with Gasteiger partial charge in [-0.15, -0.1) is 0 Å². The molecule has 0 radical (unpaired) electrons. The van der Waals surface area contributed by atoms with E-state index in [1.807, 2.05) is 6.07 Å². The lowest BCUT2D eigenvalue weighted by molar-refractivity contribution is 0.251. The third kappa shape index (κ3) is 3.51. The van der Waals surface area contributed by atoms with Crippen LogP contribution in [-0.2, 0) is 0 Å². The van der Waals surface area contributed by atoms with Crippen molar-refractivity contribution in [2.24, 2.45) is 5.92 Å². The highest BCUT2D eigenvalue weighted by atomic mass is 79.9. The van der Waals surface area contributed by atoms with Crippen LogP contribution in [0.4, 0.5) is 10.6 Å². The van der Waals surface area contributed by atoms with Crippen LogP contribution in [0.1, 0.15) is 12.8 Å². The number of nitrogens with zero attached hydrogens (tertiary/aromatic N) is 1. The number of amides is 2. The molecular weight excluding hydrogens is 258 g/mol. The van der Waals surface area contributed by atoms with Crippen LogP contribution in [0.25, 0.3) is 0 Å². The van der Waals surface area contributed by atoms with E-state index >= 15 is 0 Å². The number of hydrogen-bond donors (Lipinski definition) is 2. The molecule has 1 aliphatic rings. The van der Waals surface area contributed by atoms with Crippen LogP contribution >= 0.6 is 15.9 Å². The monoisotopic (exact) mass is 269 g/mol. The summed E-state index contributed by atoms with van der Waals surface area (Å²) in [7, 11) is 0. The highest BCUT2D eigenvalue weighted by Crippen LogP contribution is 2.27. The molecular formula is C10H12BrN3O. The Morgan fingerprint density at radius 3 is 2.93 bits per heavy atom. The Hall–Kier alpha value is -1.10. The third-order valence-electron chi connectivity index (χ3n) is 2.22. The van der Waals surface area contributed by atoms with E-state index in [-0.39, 0.29) is 6.03 Å². The number of hydrogen-bond acceptors (Lipinski definition) is 2. The minimum atomic E-state index is -0.184. The molecule has 0 aliphatic heterocycles. The number of carbonyl (C=O) groups is 1. The number of aromatic nitrogens is 1. The molecule has 1 heterocycles. The van der Waals surface area contributed by atoms with E-state index in [1.165, 1.54) is 12.8 Å². The highest BCUT2D eigenvalue weighted by molar-refractivity contribution is 9.10. The smallest absolute Gasteiger partial charge is 0.320 e. The van der Waals surface area contributed by atoms with Gasteiger partial charge in [-0.05, 0) is 46.8 Å². The fourth-order valence-corrected chi connectivity index (χ4v) is 1.40. The predicted molar refractivity (Wildman–Crippen MR) is 61.7 cm³/mol. The van der Waals surface area contributed by atoms with E-state index in [0.29, 0.717) is 11.7 Å². The van der Waals surface area contributed by atoms with Crippen molar-refractivity contribution in [2.75, 3.05) is 11.9 Å². The second-order valence-corrected chi connectivity index (χ2v) is 4.56. The standard InChI is InChI=1S/C10H12BrN3O/c11-8-3-4-9(12-6-8)14-10(15)13-5-7-1-2-7/h3-4,6-7H,1-2,5H2,(H2,12,13,14,15). The van der Waals surface area contributed by atoms with Crippen LogP contribution in [0.15, 0.2) is 22.8 Å². The number of anilines is 1. The molecule has 1 fully saturated rings. The van der Waals surface area contributed by atoms with Crippen molar-refractivity contribution in [3.05, 3.63) is 22.8 Å². The molecule has 1 aromatic heterocycles. The summed E-state index contributed by atoms with van der Waals surface area (Å²) >= 11 is 3.28. The van der Waals surface area contributed by atoms with Gasteiger partial charge in [0.25, 0.3) is 0 Å². The Kier molecular flexibility index (Phi) is 3.20. The van der Waals surface area contributed by atoms with E-state index in [9.17, 15) is 4.79 Å². The van der Waals surface area contributed by atoms with Gasteiger partial charge in [-0.2, -0.15) is 0 Å². The third-order valence-corrected chi connectivity index (χ3v) is 2.69. The van der Waals surface area contributed by atoms with Gasteiger partial charge in [0.05, 0.1) is 0 Å². The van der Waals surface area contributed by atoms with E-state index in [4.69, 9.17) is 0 Å². The largest absolute Gasteiger partial charge is 0.338 e. The first-order valence-electron chi connectivity index (χ1n) is 4.90. The van der Waals surface area contributed by atoms with Gasteiger partial charge in [0, 0.05) is 17.2 Å². The molecule has 0 saturated heterocycles. The van der Waals surface area contributed by atoms with Gasteiger partial charge in [-0.3, -0.25) is 5.32 Å². The van der Waals surface area contributed by atoms with E-state index in [0.717, 1.165) is 11.0 Å². The molecule has 2 N–H and O–H groups in total. The zero-order valence-electron chi connectivity index (χ0n) is 8.16. The summed E-state index contributed by atoms with van der Waals surface area (Å²) in [6.07, 6.45) is 4.12. The fraction of sp³-hybridized carbons (Fsp3) is 0.400. The van der Waals surface area contributed by atoms with Gasteiger partial charge < -0.3 is 5.32 Å². The normalized spacial score (nSPS) is 14.7. The summed E-state index contributed by atoms with van der Waals surface area (Å²) in [4.78, 5) is 15.4. The first-order valence-corrected chi connectivity index (χ1v) is 5.70. The Bertz CT molecular complexity index is 348. The van der Waals surface area contributed by atoms with Crippen molar-refractivity contribution in [2.45, 2.75) is 12.8 Å². The van der Waals surface area contributed by atoms with Gasteiger partial charge in [-0.25, -0.2) is 9.78 Å². The van der Waals surface area contributed by atoms with Gasteiger partial charge in [0.15, 0.2) is 0 Å². The van der Waals surface area contributed by atoms with Crippen molar-refractivity contribution in [3.63, 3.8) is 0 Å². The average Bonchev–Trinajstić information content (AvgIpc) is 3.02. The van der Waals surface area contributed by atoms with Gasteiger partial charge in [-0.1, -0.05) is 0 Å². The summed E-state index contributed by atoms with van der Waals surface area (Å²) in [6, 6.07) is 3.40. The molecule has 5 heteroatoms. The molecule has 2 amide bonds. The summed E-state index contributed by atoms with van der Waals surface area (Å²) in [6.45, 7) is 0.766. The Balaban J connectivity index is 1.79. The number of halogens is 1. The minimum Gasteiger partial charge on any atom is -0.338 e. The van der Waals surface area contributed by atoms with Crippen LogP contribution < -0.4 is 10.6 Å². The first kappa shape index (κ1) is 10.4. The molecule has 2 rings (SSSR count). The quantitative estimate of drug-likeness (QED) is 0.886. The maximum absolute atomic E-state index is 11.4. The van der Waals surface area contributed by atoms with Crippen molar-refractivity contribution in [1.29, 1.82) is 0 Å². The SMILES string of the molecule is O=C(NCC1CC1)Nc1ccc(Br)cn1. The summed E-state index contributed by atoms with van der Waals surface area (Å²) in [5, 5.41) is 5.48. The maximum atomic E-state index is 11.4. The van der Waals surface area contributed by atoms with Crippen molar-refractivity contribution in [1.82, 2.24) is 10.3 Å². The molecule has 0 spiro atoms. The van der Waals surface area contributed by atoms with Crippen molar-refractivity contribution >= 4 is 27.8 Å². The molecule has 1 aromatic rings. The fourth-order valence-electron chi connectivity index (χ4n) is 1.17. The van der Waals surface area contributed by atoms with E-state index in [1.54, 1.807) is 12.3 Å². The van der Waals surface area contributed by atoms with Crippen LogP contribution in [0, 0.1) is 5.92 Å². The average molecular weight is 270 g/mol. The Morgan fingerprint density at radius 1 is 1.53 bits per heavy atom. The topological polar surface area (TPSA) is 54.0 Å². The maximum Gasteiger partial charge on any atom is 0.320 e. The van der Waals surface area contributed by atoms with Crippen LogP contribution in [0.5, 0.6) is 0 Å². The number of nitrogens with one attached hydrogen (secondary N) is 2. The number of carbonyl (C=O) groups excluding carboxylic acids is 1. The second kappa shape index (κ2) is 4.61. The zero-order valence-corrected chi connectivity index (χ0v) is 9.75. The van der Waals surface area contributed by atoms with Crippen LogP contribution in [0.2, 0.25) is 0 Å². The van der Waals surface area contributed by atoms with Gasteiger partial charge in [0.1, 0.15) is 5.82 Å². The molecule has 80 valence electrons. The van der Waals surface area contributed by atoms with Crippen molar-refractivity contribution < 1.29 is 4.79 Å². The molecule has 15 heavy (non-hydrogen) atoms. The lowest BCUT2D eigenvalue weighted by Crippen LogP contribution is -2.30. The summed E-state index contributed by atoms with van der Waals surface area (Å²) in [5.41, 5.74) is 0. The summed E-state index contributed by atoms with van der Waals surface area (Å²) in [5.74, 6) is 1.25. The molecule has 4 nitrogen and oxygen atoms in total. The lowest BCUT2D eigenvalue weighted by atomic mass is 10.4. The number of pyridine rings is 1. The van der Waals surface area contributed by atoms with Gasteiger partial charge in [0.2, 0.25) is 0 Å². The number of urea groups is 1. The lowest BCUT2D eigenvalue weighted by Gasteiger charge is -2.05. The Labute approximate surface area is 96.6 Å². The molecule has 0 bridgehead atoms. The molecule has 0 atom stereocenters. The minimum absolute atomic E-state index is 0.184. The summed E-state index contributed by atoms with van der Waals surface area (Å²) < 4.78 is 0.895. The molecule has 0 aromatic carbocycles. The molecule has 0 unspecified atom stereocenters. The zero-order chi connectivity index (χ0) is 10.7. The van der Waals surface area contributed by atoms with E-state index < -0.39 is 0 Å². The highest BCUT2D eigenvalue weighted by Gasteiger charge is 2.21. The first-order chi connectivity index (χ1) is 7.24. The predicted octanol–water partition coefficient (Wildman–Crippen LogP) is 2.38. The molecule has 1 saturated carbocycles. The Morgan fingerprint density at radius 2 is 2.33 bits per heavy atom. The second-order valence-electron chi connectivity index (χ2n) is 3.64. The van der Waals surface area contributed by atoms with Gasteiger partial charge >= 0.3 is 6.03 Å². The van der Waals surface area contributed by atoms with E-state index in [2.05, 4.69) is 31.5 Å². The van der Waals surface area contributed by atoms with Crippen LogP contribution in [0.3, 0.4) is 0 Å². The van der Waals surface area contributed by atoms with Crippen molar-refractivity contribution in [3.8, 4) is 0 Å². The molecule has 1 aliphatic carbocycles. The number of rotatable bonds is 3. The van der Waals surface area contributed by atoms with Crippen LogP contribution in [-0.4, -0.2) is 17.6 Å².